The number of ether oxygens (including phenoxy) is 1. The van der Waals surface area contributed by atoms with E-state index in [2.05, 4.69) is 0 Å². The summed E-state index contributed by atoms with van der Waals surface area (Å²) >= 11 is 0. The van der Waals surface area contributed by atoms with E-state index in [1.165, 1.54) is 0 Å². The molecule has 0 aromatic rings. The molecule has 1 N–H and O–H groups in total. The highest BCUT2D eigenvalue weighted by Crippen LogP contribution is 2.22. The number of hydrogen-bond donors (Lipinski definition) is 1. The number of halogens is 1. The molecular weight excluding hydrogens is 139 g/mol. The molecule has 0 bridgehead atoms. The monoisotopic (exact) mass is 148 g/mol. The van der Waals surface area contributed by atoms with Gasteiger partial charge in [0.25, 0.3) is 0 Å². The third kappa shape index (κ3) is 1.26. The summed E-state index contributed by atoms with van der Waals surface area (Å²) < 4.78 is 17.3. The van der Waals surface area contributed by atoms with E-state index in [1.807, 2.05) is 0 Å². The summed E-state index contributed by atoms with van der Waals surface area (Å²) in [5.74, 6) is -1.21. The summed E-state index contributed by atoms with van der Waals surface area (Å²) in [5, 5.41) is 8.34. The highest BCUT2D eigenvalue weighted by Gasteiger charge is 2.38. The first kappa shape index (κ1) is 7.47. The molecule has 1 fully saturated rings. The summed E-state index contributed by atoms with van der Waals surface area (Å²) in [6.45, 7) is 1.66. The number of alkyl halides is 1. The Labute approximate surface area is 57.8 Å². The second kappa shape index (κ2) is 2.54. The van der Waals surface area contributed by atoms with Crippen LogP contribution in [-0.4, -0.2) is 29.5 Å². The summed E-state index contributed by atoms with van der Waals surface area (Å²) in [4.78, 5) is 10.2. The van der Waals surface area contributed by atoms with Gasteiger partial charge in [0.1, 0.15) is 6.17 Å². The van der Waals surface area contributed by atoms with Gasteiger partial charge in [-0.15, -0.1) is 0 Å². The zero-order valence-electron chi connectivity index (χ0n) is 5.58. The molecule has 4 heteroatoms. The van der Waals surface area contributed by atoms with E-state index in [9.17, 15) is 9.18 Å². The van der Waals surface area contributed by atoms with Crippen molar-refractivity contribution in [2.24, 2.45) is 0 Å². The third-order valence-electron chi connectivity index (χ3n) is 1.51. The molecule has 0 aliphatic carbocycles. The van der Waals surface area contributed by atoms with Crippen LogP contribution in [0.2, 0.25) is 0 Å². The van der Waals surface area contributed by atoms with Gasteiger partial charge in [0.2, 0.25) is 0 Å². The molecule has 0 radical (unpaired) electrons. The minimum Gasteiger partial charge on any atom is -0.479 e. The number of hydrogen-bond acceptors (Lipinski definition) is 2. The van der Waals surface area contributed by atoms with Crippen molar-refractivity contribution < 1.29 is 19.0 Å². The first-order valence-corrected chi connectivity index (χ1v) is 3.13. The lowest BCUT2D eigenvalue weighted by atomic mass is 10.2. The molecule has 10 heavy (non-hydrogen) atoms. The van der Waals surface area contributed by atoms with Crippen molar-refractivity contribution in [1.29, 1.82) is 0 Å². The van der Waals surface area contributed by atoms with Crippen molar-refractivity contribution in [1.82, 2.24) is 0 Å². The predicted octanol–water partition coefficient (Wildman–Crippen LogP) is 0.587. The maximum absolute atomic E-state index is 12.6. The van der Waals surface area contributed by atoms with Crippen LogP contribution in [0.4, 0.5) is 4.39 Å². The maximum atomic E-state index is 12.6. The van der Waals surface area contributed by atoms with Crippen molar-refractivity contribution in [3.63, 3.8) is 0 Å². The summed E-state index contributed by atoms with van der Waals surface area (Å²) in [7, 11) is 0. The zero-order chi connectivity index (χ0) is 7.72. The number of carbonyl (C=O) groups is 1. The molecule has 3 unspecified atom stereocenters. The van der Waals surface area contributed by atoms with E-state index in [1.54, 1.807) is 6.92 Å². The minimum absolute atomic E-state index is 0.191. The quantitative estimate of drug-likeness (QED) is 0.591. The van der Waals surface area contributed by atoms with E-state index in [-0.39, 0.29) is 12.5 Å². The molecule has 0 aromatic carbocycles. The molecule has 3 atom stereocenters. The molecule has 0 aromatic heterocycles. The van der Waals surface area contributed by atoms with Crippen LogP contribution in [0.1, 0.15) is 13.3 Å². The van der Waals surface area contributed by atoms with Gasteiger partial charge in [-0.2, -0.15) is 0 Å². The standard InChI is InChI=1S/C6H9FO3/c1-3-2-4(7)5(10-3)6(8)9/h3-5H,2H2,1H3,(H,8,9). The lowest BCUT2D eigenvalue weighted by molar-refractivity contribution is -0.151. The van der Waals surface area contributed by atoms with Gasteiger partial charge in [-0.1, -0.05) is 0 Å². The first-order valence-electron chi connectivity index (χ1n) is 3.13. The highest BCUT2D eigenvalue weighted by atomic mass is 19.1. The van der Waals surface area contributed by atoms with Gasteiger partial charge in [-0.25, -0.2) is 9.18 Å². The average molecular weight is 148 g/mol. The Morgan fingerprint density at radius 1 is 1.80 bits per heavy atom. The largest absolute Gasteiger partial charge is 0.479 e. The van der Waals surface area contributed by atoms with Crippen molar-refractivity contribution in [3.8, 4) is 0 Å². The lowest BCUT2D eigenvalue weighted by Crippen LogP contribution is -2.27. The molecule has 1 aliphatic heterocycles. The van der Waals surface area contributed by atoms with Gasteiger partial charge in [0.05, 0.1) is 6.10 Å². The van der Waals surface area contributed by atoms with Crippen LogP contribution in [0.5, 0.6) is 0 Å². The van der Waals surface area contributed by atoms with Gasteiger partial charge in [0.15, 0.2) is 6.10 Å². The molecular formula is C6H9FO3. The topological polar surface area (TPSA) is 46.5 Å². The fraction of sp³-hybridized carbons (Fsp3) is 0.833. The molecule has 0 amide bonds. The van der Waals surface area contributed by atoms with Crippen molar-refractivity contribution >= 4 is 5.97 Å². The molecule has 58 valence electrons. The number of carboxylic acids is 1. The van der Waals surface area contributed by atoms with E-state index < -0.39 is 18.2 Å². The lowest BCUT2D eigenvalue weighted by Gasteiger charge is -2.05. The van der Waals surface area contributed by atoms with Gasteiger partial charge >= 0.3 is 5.97 Å². The molecule has 3 nitrogen and oxygen atoms in total. The van der Waals surface area contributed by atoms with Crippen LogP contribution in [0.25, 0.3) is 0 Å². The van der Waals surface area contributed by atoms with Crippen LogP contribution in [0, 0.1) is 0 Å². The molecule has 0 spiro atoms. The number of aliphatic carboxylic acids is 1. The van der Waals surface area contributed by atoms with E-state index in [0.29, 0.717) is 0 Å². The normalized spacial score (nSPS) is 40.0. The molecule has 1 saturated heterocycles. The van der Waals surface area contributed by atoms with Crippen LogP contribution < -0.4 is 0 Å². The maximum Gasteiger partial charge on any atom is 0.335 e. The SMILES string of the molecule is CC1CC(F)C(C(=O)O)O1. The van der Waals surface area contributed by atoms with Crippen molar-refractivity contribution in [2.75, 3.05) is 0 Å². The van der Waals surface area contributed by atoms with Crippen LogP contribution in [-0.2, 0) is 9.53 Å². The van der Waals surface area contributed by atoms with Gasteiger partial charge in [-0.05, 0) is 6.92 Å². The number of rotatable bonds is 1. The zero-order valence-corrected chi connectivity index (χ0v) is 5.58. The summed E-state index contributed by atoms with van der Waals surface area (Å²) in [6, 6.07) is 0. The van der Waals surface area contributed by atoms with E-state index >= 15 is 0 Å². The van der Waals surface area contributed by atoms with Crippen LogP contribution in [0.3, 0.4) is 0 Å². The Hall–Kier alpha value is -0.640. The fourth-order valence-corrected chi connectivity index (χ4v) is 1.04. The number of carboxylic acid groups (broad SMARTS) is 1. The van der Waals surface area contributed by atoms with Gasteiger partial charge in [-0.3, -0.25) is 0 Å². The molecule has 1 heterocycles. The summed E-state index contributed by atoms with van der Waals surface area (Å²) in [5.41, 5.74) is 0. The van der Waals surface area contributed by atoms with E-state index in [4.69, 9.17) is 9.84 Å². The molecule has 1 aliphatic rings. The van der Waals surface area contributed by atoms with Crippen LogP contribution >= 0.6 is 0 Å². The second-order valence-corrected chi connectivity index (χ2v) is 2.46. The van der Waals surface area contributed by atoms with E-state index in [0.717, 1.165) is 0 Å². The Bertz CT molecular complexity index is 148. The smallest absolute Gasteiger partial charge is 0.335 e. The Balaban J connectivity index is 2.54. The second-order valence-electron chi connectivity index (χ2n) is 2.46. The van der Waals surface area contributed by atoms with Crippen molar-refractivity contribution in [2.45, 2.75) is 31.7 Å². The summed E-state index contributed by atoms with van der Waals surface area (Å²) in [6.07, 6.45) is -2.66. The molecule has 0 saturated carbocycles. The predicted molar refractivity (Wildman–Crippen MR) is 31.5 cm³/mol. The van der Waals surface area contributed by atoms with Gasteiger partial charge < -0.3 is 9.84 Å². The van der Waals surface area contributed by atoms with Crippen molar-refractivity contribution in [3.05, 3.63) is 0 Å². The molecule has 1 rings (SSSR count). The minimum atomic E-state index is -1.34. The third-order valence-corrected chi connectivity index (χ3v) is 1.51. The Morgan fingerprint density at radius 2 is 2.40 bits per heavy atom. The average Bonchev–Trinajstić information content (AvgIpc) is 2.10. The first-order chi connectivity index (χ1) is 4.61. The fourth-order valence-electron chi connectivity index (χ4n) is 1.04. The van der Waals surface area contributed by atoms with Crippen LogP contribution in [0.15, 0.2) is 0 Å². The Morgan fingerprint density at radius 3 is 2.60 bits per heavy atom. The highest BCUT2D eigenvalue weighted by molar-refractivity contribution is 5.73. The van der Waals surface area contributed by atoms with Gasteiger partial charge in [0, 0.05) is 6.42 Å². The Kier molecular flexibility index (Phi) is 1.89.